The lowest BCUT2D eigenvalue weighted by Gasteiger charge is -2.49. The number of rotatable bonds is 8. The molecule has 0 saturated heterocycles. The van der Waals surface area contributed by atoms with Gasteiger partial charge in [-0.2, -0.15) is 0 Å². The number of carboxylic acids is 1. The fourth-order valence-corrected chi connectivity index (χ4v) is 6.09. The minimum atomic E-state index is -0.930. The minimum absolute atomic E-state index is 0.132. The van der Waals surface area contributed by atoms with Gasteiger partial charge >= 0.3 is 5.97 Å². The SMILES string of the molecule is CC(C)n1nnc2c(CN(C3CC3)C3(c4cccc(Cl)c4)CCC(CN)CC3)c(C(=O)O)ccc21. The molecular formula is C27H34ClN5O2. The van der Waals surface area contributed by atoms with Crippen LogP contribution in [0, 0.1) is 5.92 Å². The van der Waals surface area contributed by atoms with Gasteiger partial charge in [0.15, 0.2) is 0 Å². The van der Waals surface area contributed by atoms with Crippen LogP contribution in [0.3, 0.4) is 0 Å². The maximum Gasteiger partial charge on any atom is 0.336 e. The maximum atomic E-state index is 12.3. The molecule has 5 rings (SSSR count). The van der Waals surface area contributed by atoms with E-state index >= 15 is 0 Å². The average molecular weight is 496 g/mol. The number of aromatic nitrogens is 3. The van der Waals surface area contributed by atoms with Crippen LogP contribution in [0.15, 0.2) is 36.4 Å². The highest BCUT2D eigenvalue weighted by molar-refractivity contribution is 6.30. The van der Waals surface area contributed by atoms with Gasteiger partial charge in [0.05, 0.1) is 11.1 Å². The second-order valence-electron chi connectivity index (χ2n) is 10.5. The molecule has 186 valence electrons. The van der Waals surface area contributed by atoms with Gasteiger partial charge < -0.3 is 10.8 Å². The molecule has 0 atom stereocenters. The maximum absolute atomic E-state index is 12.3. The van der Waals surface area contributed by atoms with Crippen molar-refractivity contribution in [2.24, 2.45) is 11.7 Å². The van der Waals surface area contributed by atoms with Crippen molar-refractivity contribution >= 4 is 28.6 Å². The van der Waals surface area contributed by atoms with E-state index in [1.807, 2.05) is 22.9 Å². The second kappa shape index (κ2) is 9.52. The topological polar surface area (TPSA) is 97.3 Å². The molecule has 1 heterocycles. The van der Waals surface area contributed by atoms with Gasteiger partial charge in [-0.05, 0) is 94.7 Å². The molecule has 0 spiro atoms. The molecule has 3 N–H and O–H groups in total. The van der Waals surface area contributed by atoms with Crippen molar-refractivity contribution in [2.45, 2.75) is 76.5 Å². The highest BCUT2D eigenvalue weighted by atomic mass is 35.5. The lowest BCUT2D eigenvalue weighted by atomic mass is 9.71. The van der Waals surface area contributed by atoms with Crippen LogP contribution in [0.5, 0.6) is 0 Å². The first kappa shape index (κ1) is 24.2. The van der Waals surface area contributed by atoms with Crippen molar-refractivity contribution in [1.29, 1.82) is 0 Å². The molecule has 0 amide bonds. The van der Waals surface area contributed by atoms with Gasteiger partial charge in [0.2, 0.25) is 0 Å². The summed E-state index contributed by atoms with van der Waals surface area (Å²) in [6.45, 7) is 5.33. The Morgan fingerprint density at radius 2 is 1.97 bits per heavy atom. The predicted octanol–water partition coefficient (Wildman–Crippen LogP) is 5.37. The van der Waals surface area contributed by atoms with Crippen molar-refractivity contribution in [3.63, 3.8) is 0 Å². The summed E-state index contributed by atoms with van der Waals surface area (Å²) in [6, 6.07) is 12.3. The van der Waals surface area contributed by atoms with Crippen LogP contribution in [0.1, 0.15) is 79.9 Å². The van der Waals surface area contributed by atoms with E-state index in [1.165, 1.54) is 5.56 Å². The average Bonchev–Trinajstić information content (AvgIpc) is 3.59. The third-order valence-electron chi connectivity index (χ3n) is 7.96. The third kappa shape index (κ3) is 4.46. The number of carbonyl (C=O) groups is 1. The molecule has 2 saturated carbocycles. The number of fused-ring (bicyclic) bond motifs is 1. The largest absolute Gasteiger partial charge is 0.478 e. The quantitative estimate of drug-likeness (QED) is 0.436. The van der Waals surface area contributed by atoms with Gasteiger partial charge in [0.25, 0.3) is 0 Å². The molecule has 3 aromatic rings. The number of nitrogens with zero attached hydrogens (tertiary/aromatic N) is 4. The molecule has 2 fully saturated rings. The van der Waals surface area contributed by atoms with Crippen molar-refractivity contribution in [1.82, 2.24) is 19.9 Å². The normalized spacial score (nSPS) is 22.9. The summed E-state index contributed by atoms with van der Waals surface area (Å²) in [5.41, 5.74) is 9.65. The molecule has 0 radical (unpaired) electrons. The van der Waals surface area contributed by atoms with Crippen LogP contribution in [-0.2, 0) is 12.1 Å². The fourth-order valence-electron chi connectivity index (χ4n) is 5.90. The zero-order chi connectivity index (χ0) is 24.7. The van der Waals surface area contributed by atoms with Crippen LogP contribution in [0.2, 0.25) is 5.02 Å². The molecular weight excluding hydrogens is 462 g/mol. The predicted molar refractivity (Wildman–Crippen MR) is 138 cm³/mol. The molecule has 7 nitrogen and oxygen atoms in total. The summed E-state index contributed by atoms with van der Waals surface area (Å²) in [5.74, 6) is -0.410. The van der Waals surface area contributed by atoms with E-state index in [9.17, 15) is 9.90 Å². The first-order valence-corrected chi connectivity index (χ1v) is 13.0. The third-order valence-corrected chi connectivity index (χ3v) is 8.20. The van der Waals surface area contributed by atoms with Gasteiger partial charge in [-0.15, -0.1) is 5.10 Å². The lowest BCUT2D eigenvalue weighted by molar-refractivity contribution is 0.0185. The Kier molecular flexibility index (Phi) is 6.59. The van der Waals surface area contributed by atoms with E-state index in [2.05, 4.69) is 41.2 Å². The van der Waals surface area contributed by atoms with E-state index in [0.29, 0.717) is 36.1 Å². The monoisotopic (exact) mass is 495 g/mol. The van der Waals surface area contributed by atoms with Crippen LogP contribution < -0.4 is 5.73 Å². The second-order valence-corrected chi connectivity index (χ2v) is 10.9. The summed E-state index contributed by atoms with van der Waals surface area (Å²) >= 11 is 6.48. The first-order chi connectivity index (χ1) is 16.8. The van der Waals surface area contributed by atoms with Gasteiger partial charge in [-0.1, -0.05) is 28.9 Å². The summed E-state index contributed by atoms with van der Waals surface area (Å²) in [4.78, 5) is 14.9. The summed E-state index contributed by atoms with van der Waals surface area (Å²) in [7, 11) is 0. The highest BCUT2D eigenvalue weighted by Crippen LogP contribution is 2.50. The highest BCUT2D eigenvalue weighted by Gasteiger charge is 2.47. The Hall–Kier alpha value is -2.48. The molecule has 35 heavy (non-hydrogen) atoms. The molecule has 0 bridgehead atoms. The van der Waals surface area contributed by atoms with Crippen molar-refractivity contribution in [3.8, 4) is 0 Å². The molecule has 2 aliphatic rings. The van der Waals surface area contributed by atoms with Gasteiger partial charge in [-0.3, -0.25) is 4.90 Å². The Labute approximate surface area is 211 Å². The molecule has 2 aromatic carbocycles. The standard InChI is InChI=1S/C27H34ClN5O2/c1-17(2)33-24-9-8-22(26(34)35)23(25(24)30-31-33)16-32(21-6-7-21)27(12-10-18(15-29)11-13-27)19-4-3-5-20(28)14-19/h3-5,8-9,14,17-18,21H,6-7,10-13,15-16,29H2,1-2H3,(H,34,35). The Morgan fingerprint density at radius 3 is 2.57 bits per heavy atom. The van der Waals surface area contributed by atoms with E-state index in [0.717, 1.165) is 54.6 Å². The Bertz CT molecular complexity index is 1230. The molecule has 2 aliphatic carbocycles. The zero-order valence-corrected chi connectivity index (χ0v) is 21.2. The summed E-state index contributed by atoms with van der Waals surface area (Å²) in [6.07, 6.45) is 6.27. The summed E-state index contributed by atoms with van der Waals surface area (Å²) in [5, 5.41) is 19.7. The van der Waals surface area contributed by atoms with Crippen molar-refractivity contribution < 1.29 is 9.90 Å². The van der Waals surface area contributed by atoms with Gasteiger partial charge in [-0.25, -0.2) is 9.48 Å². The molecule has 1 aromatic heterocycles. The number of benzene rings is 2. The van der Waals surface area contributed by atoms with Crippen LogP contribution in [-0.4, -0.2) is 43.6 Å². The Morgan fingerprint density at radius 1 is 1.23 bits per heavy atom. The van der Waals surface area contributed by atoms with Gasteiger partial charge in [0.1, 0.15) is 5.52 Å². The van der Waals surface area contributed by atoms with Crippen molar-refractivity contribution in [2.75, 3.05) is 6.54 Å². The number of hydrogen-bond donors (Lipinski definition) is 2. The number of carboxylic acid groups (broad SMARTS) is 1. The molecule has 0 aliphatic heterocycles. The number of aromatic carboxylic acids is 1. The van der Waals surface area contributed by atoms with E-state index in [1.54, 1.807) is 6.07 Å². The summed E-state index contributed by atoms with van der Waals surface area (Å²) < 4.78 is 1.87. The Balaban J connectivity index is 1.64. The molecule has 8 heteroatoms. The van der Waals surface area contributed by atoms with E-state index in [-0.39, 0.29) is 11.6 Å². The zero-order valence-electron chi connectivity index (χ0n) is 20.5. The van der Waals surface area contributed by atoms with Crippen LogP contribution in [0.4, 0.5) is 0 Å². The van der Waals surface area contributed by atoms with Crippen molar-refractivity contribution in [3.05, 3.63) is 58.1 Å². The number of nitrogens with two attached hydrogens (primary N) is 1. The lowest BCUT2D eigenvalue weighted by Crippen LogP contribution is -2.50. The van der Waals surface area contributed by atoms with Gasteiger partial charge in [0, 0.05) is 34.8 Å². The minimum Gasteiger partial charge on any atom is -0.478 e. The fraction of sp³-hybridized carbons (Fsp3) is 0.519. The molecule has 0 unspecified atom stereocenters. The first-order valence-electron chi connectivity index (χ1n) is 12.7. The smallest absolute Gasteiger partial charge is 0.336 e. The van der Waals surface area contributed by atoms with E-state index < -0.39 is 5.97 Å². The van der Waals surface area contributed by atoms with Crippen LogP contribution >= 0.6 is 11.6 Å². The van der Waals surface area contributed by atoms with E-state index in [4.69, 9.17) is 17.3 Å². The number of halogens is 1. The number of hydrogen-bond acceptors (Lipinski definition) is 5. The van der Waals surface area contributed by atoms with Crippen LogP contribution in [0.25, 0.3) is 11.0 Å².